The first-order valence-corrected chi connectivity index (χ1v) is 6.82. The molecule has 6 nitrogen and oxygen atoms in total. The van der Waals surface area contributed by atoms with Crippen molar-refractivity contribution in [2.45, 2.75) is 32.7 Å². The number of ether oxygens (including phenoxy) is 1. The van der Waals surface area contributed by atoms with E-state index in [2.05, 4.69) is 22.3 Å². The third-order valence-electron chi connectivity index (χ3n) is 3.45. The van der Waals surface area contributed by atoms with Crippen molar-refractivity contribution in [3.8, 4) is 0 Å². The average molecular weight is 271 g/mol. The van der Waals surface area contributed by atoms with Crippen molar-refractivity contribution in [1.82, 2.24) is 10.2 Å². The fourth-order valence-electron chi connectivity index (χ4n) is 2.44. The highest BCUT2D eigenvalue weighted by atomic mass is 16.5. The van der Waals surface area contributed by atoms with Gasteiger partial charge in [-0.2, -0.15) is 0 Å². The number of carbonyl (C=O) groups is 1. The van der Waals surface area contributed by atoms with Crippen molar-refractivity contribution in [3.63, 3.8) is 0 Å². The lowest BCUT2D eigenvalue weighted by Gasteiger charge is -2.32. The largest absolute Gasteiger partial charge is 0.411 e. The van der Waals surface area contributed by atoms with E-state index in [-0.39, 0.29) is 17.9 Å². The minimum absolute atomic E-state index is 0.0174. The molecule has 1 amide bonds. The third kappa shape index (κ3) is 5.16. The number of piperidine rings is 1. The Morgan fingerprint density at radius 1 is 1.68 bits per heavy atom. The van der Waals surface area contributed by atoms with Crippen molar-refractivity contribution >= 4 is 11.6 Å². The van der Waals surface area contributed by atoms with Crippen LogP contribution < -0.4 is 5.32 Å². The lowest BCUT2D eigenvalue weighted by atomic mass is 9.93. The molecular formula is C13H25N3O3. The van der Waals surface area contributed by atoms with Gasteiger partial charge in [-0.1, -0.05) is 12.1 Å². The quantitative estimate of drug-likeness (QED) is 0.551. The molecule has 0 aromatic carbocycles. The first kappa shape index (κ1) is 15.9. The summed E-state index contributed by atoms with van der Waals surface area (Å²) in [5, 5.41) is 15.2. The highest BCUT2D eigenvalue weighted by molar-refractivity contribution is 5.87. The second kappa shape index (κ2) is 8.12. The minimum atomic E-state index is 0.0174. The molecule has 2 atom stereocenters. The Labute approximate surface area is 114 Å². The molecule has 0 saturated carbocycles. The Morgan fingerprint density at radius 2 is 2.42 bits per heavy atom. The summed E-state index contributed by atoms with van der Waals surface area (Å²) in [5.41, 5.74) is 0.854. The van der Waals surface area contributed by atoms with Gasteiger partial charge >= 0.3 is 0 Å². The highest BCUT2D eigenvalue weighted by Crippen LogP contribution is 2.16. The van der Waals surface area contributed by atoms with Crippen molar-refractivity contribution in [1.29, 1.82) is 0 Å². The second-order valence-corrected chi connectivity index (χ2v) is 5.11. The lowest BCUT2D eigenvalue weighted by Crippen LogP contribution is -2.47. The van der Waals surface area contributed by atoms with Gasteiger partial charge in [-0.3, -0.25) is 9.69 Å². The van der Waals surface area contributed by atoms with Gasteiger partial charge in [-0.05, 0) is 13.3 Å². The fourth-order valence-corrected chi connectivity index (χ4v) is 2.44. The van der Waals surface area contributed by atoms with Gasteiger partial charge in [0.05, 0.1) is 18.9 Å². The van der Waals surface area contributed by atoms with Gasteiger partial charge in [0, 0.05) is 38.6 Å². The average Bonchev–Trinajstić information content (AvgIpc) is 2.38. The summed E-state index contributed by atoms with van der Waals surface area (Å²) >= 11 is 0. The molecule has 1 aliphatic rings. The second-order valence-electron chi connectivity index (χ2n) is 5.11. The SMILES string of the molecule is CCC1CN(CC(=O)NC(C)COC)CCC1=NO. The summed E-state index contributed by atoms with van der Waals surface area (Å²) < 4.78 is 4.99. The van der Waals surface area contributed by atoms with Crippen LogP contribution in [0.15, 0.2) is 5.16 Å². The van der Waals surface area contributed by atoms with Gasteiger partial charge in [0.15, 0.2) is 0 Å². The number of nitrogens with one attached hydrogen (secondary N) is 1. The van der Waals surface area contributed by atoms with Crippen LogP contribution in [0.5, 0.6) is 0 Å². The Balaban J connectivity index is 2.39. The van der Waals surface area contributed by atoms with Crippen LogP contribution in [-0.2, 0) is 9.53 Å². The number of oxime groups is 1. The summed E-state index contributed by atoms with van der Waals surface area (Å²) in [7, 11) is 1.62. The van der Waals surface area contributed by atoms with Gasteiger partial charge in [-0.15, -0.1) is 0 Å². The van der Waals surface area contributed by atoms with Gasteiger partial charge in [0.2, 0.25) is 5.91 Å². The molecule has 6 heteroatoms. The zero-order valence-electron chi connectivity index (χ0n) is 12.1. The molecular weight excluding hydrogens is 246 g/mol. The van der Waals surface area contributed by atoms with Crippen LogP contribution in [0.4, 0.5) is 0 Å². The number of nitrogens with zero attached hydrogens (tertiary/aromatic N) is 2. The van der Waals surface area contributed by atoms with Crippen LogP contribution in [0.3, 0.4) is 0 Å². The molecule has 0 radical (unpaired) electrons. The first-order valence-electron chi connectivity index (χ1n) is 6.82. The van der Waals surface area contributed by atoms with Crippen molar-refractivity contribution < 1.29 is 14.7 Å². The number of carbonyl (C=O) groups excluding carboxylic acids is 1. The number of hydrogen-bond donors (Lipinski definition) is 2. The first-order chi connectivity index (χ1) is 9.10. The maximum atomic E-state index is 11.9. The number of methoxy groups -OCH3 is 1. The van der Waals surface area contributed by atoms with Crippen LogP contribution in [0.2, 0.25) is 0 Å². The summed E-state index contributed by atoms with van der Waals surface area (Å²) in [5.74, 6) is 0.270. The molecule has 1 heterocycles. The molecule has 2 unspecified atom stereocenters. The summed E-state index contributed by atoms with van der Waals surface area (Å²) in [4.78, 5) is 14.0. The molecule has 0 aliphatic carbocycles. The zero-order chi connectivity index (χ0) is 14.3. The molecule has 1 fully saturated rings. The van der Waals surface area contributed by atoms with E-state index in [0.717, 1.165) is 31.6 Å². The molecule has 110 valence electrons. The molecule has 0 bridgehead atoms. The molecule has 1 saturated heterocycles. The Morgan fingerprint density at radius 3 is 3.00 bits per heavy atom. The Kier molecular flexibility index (Phi) is 6.80. The van der Waals surface area contributed by atoms with Crippen LogP contribution >= 0.6 is 0 Å². The van der Waals surface area contributed by atoms with Crippen molar-refractivity contribution in [2.24, 2.45) is 11.1 Å². The van der Waals surface area contributed by atoms with Gasteiger partial charge in [-0.25, -0.2) is 0 Å². The number of amides is 1. The predicted molar refractivity (Wildman–Crippen MR) is 73.5 cm³/mol. The molecule has 0 spiro atoms. The molecule has 2 N–H and O–H groups in total. The predicted octanol–water partition coefficient (Wildman–Crippen LogP) is 0.700. The van der Waals surface area contributed by atoms with Crippen molar-refractivity contribution in [3.05, 3.63) is 0 Å². The number of hydrogen-bond acceptors (Lipinski definition) is 5. The topological polar surface area (TPSA) is 74.2 Å². The fraction of sp³-hybridized carbons (Fsp3) is 0.846. The van der Waals surface area contributed by atoms with E-state index in [4.69, 9.17) is 9.94 Å². The maximum Gasteiger partial charge on any atom is 0.234 e. The Bertz CT molecular complexity index is 320. The normalized spacial score (nSPS) is 24.4. The lowest BCUT2D eigenvalue weighted by molar-refractivity contribution is -0.123. The van der Waals surface area contributed by atoms with E-state index in [1.165, 1.54) is 0 Å². The van der Waals surface area contributed by atoms with E-state index in [9.17, 15) is 4.79 Å². The molecule has 19 heavy (non-hydrogen) atoms. The van der Waals surface area contributed by atoms with Crippen LogP contribution in [0.1, 0.15) is 26.7 Å². The van der Waals surface area contributed by atoms with E-state index in [0.29, 0.717) is 13.2 Å². The maximum absolute atomic E-state index is 11.9. The van der Waals surface area contributed by atoms with Crippen LogP contribution in [0.25, 0.3) is 0 Å². The molecule has 0 aromatic heterocycles. The zero-order valence-corrected chi connectivity index (χ0v) is 12.1. The van der Waals surface area contributed by atoms with Crippen LogP contribution in [0, 0.1) is 5.92 Å². The smallest absolute Gasteiger partial charge is 0.234 e. The summed E-state index contributed by atoms with van der Waals surface area (Å²) in [6, 6.07) is 0.0267. The standard InChI is InChI=1S/C13H25N3O3/c1-4-11-7-16(6-5-12(11)15-18)8-13(17)14-10(2)9-19-3/h10-11,18H,4-9H2,1-3H3,(H,14,17). The van der Waals surface area contributed by atoms with Crippen LogP contribution in [-0.4, -0.2) is 61.1 Å². The highest BCUT2D eigenvalue weighted by Gasteiger charge is 2.26. The minimum Gasteiger partial charge on any atom is -0.411 e. The van der Waals surface area contributed by atoms with E-state index < -0.39 is 0 Å². The van der Waals surface area contributed by atoms with Gasteiger partial charge in [0.1, 0.15) is 0 Å². The summed E-state index contributed by atoms with van der Waals surface area (Å²) in [6.45, 7) is 6.45. The molecule has 1 aliphatic heterocycles. The van der Waals surface area contributed by atoms with E-state index >= 15 is 0 Å². The van der Waals surface area contributed by atoms with E-state index in [1.807, 2.05) is 6.92 Å². The third-order valence-corrected chi connectivity index (χ3v) is 3.45. The van der Waals surface area contributed by atoms with Gasteiger partial charge in [0.25, 0.3) is 0 Å². The van der Waals surface area contributed by atoms with E-state index in [1.54, 1.807) is 7.11 Å². The summed E-state index contributed by atoms with van der Waals surface area (Å²) in [6.07, 6.45) is 1.66. The molecule has 1 rings (SSSR count). The molecule has 0 aromatic rings. The monoisotopic (exact) mass is 271 g/mol. The van der Waals surface area contributed by atoms with Gasteiger partial charge < -0.3 is 15.3 Å². The number of rotatable bonds is 6. The Hall–Kier alpha value is -1.14. The number of likely N-dealkylation sites (tertiary alicyclic amines) is 1. The van der Waals surface area contributed by atoms with Crippen molar-refractivity contribution in [2.75, 3.05) is 33.4 Å².